The van der Waals surface area contributed by atoms with Crippen LogP contribution in [-0.2, 0) is 30.6 Å². The molecule has 0 aliphatic heterocycles. The van der Waals surface area contributed by atoms with Gasteiger partial charge in [0.15, 0.2) is 5.76 Å². The molecule has 1 heterocycles. The zero-order valence-corrected chi connectivity index (χ0v) is 24.3. The van der Waals surface area contributed by atoms with E-state index in [1.54, 1.807) is 12.1 Å². The smallest absolute Gasteiger partial charge is 0.373 e. The number of nitrogens with one attached hydrogen (secondary N) is 2. The third-order valence-electron chi connectivity index (χ3n) is 6.64. The molecule has 3 aromatic rings. The molecule has 3 amide bonds. The van der Waals surface area contributed by atoms with Crippen LogP contribution in [0.15, 0.2) is 71.1 Å². The maximum atomic E-state index is 13.3. The van der Waals surface area contributed by atoms with Gasteiger partial charge in [-0.2, -0.15) is 9.59 Å². The molecule has 2 aromatic carbocycles. The highest BCUT2D eigenvalue weighted by Crippen LogP contribution is 2.24. The highest BCUT2D eigenvalue weighted by Gasteiger charge is 2.32. The highest BCUT2D eigenvalue weighted by molar-refractivity contribution is 5.92. The molecule has 0 aliphatic rings. The molecule has 0 radical (unpaired) electrons. The minimum Gasteiger partial charge on any atom is -0.451 e. The van der Waals surface area contributed by atoms with Gasteiger partial charge in [0.2, 0.25) is 12.3 Å². The number of carbonyl (C=O) groups is 3. The van der Waals surface area contributed by atoms with Crippen molar-refractivity contribution >= 4 is 24.4 Å². The molecule has 10 heteroatoms. The van der Waals surface area contributed by atoms with Gasteiger partial charge in [-0.1, -0.05) is 87.2 Å². The van der Waals surface area contributed by atoms with Crippen LogP contribution in [0.5, 0.6) is 0 Å². The summed E-state index contributed by atoms with van der Waals surface area (Å²) in [5.41, 5.74) is 2.91. The molecule has 42 heavy (non-hydrogen) atoms. The number of hydroxylamine groups is 2. The maximum absolute atomic E-state index is 13.3. The Hall–Kier alpha value is -4.53. The lowest BCUT2D eigenvalue weighted by molar-refractivity contribution is -0.200. The first-order valence-electron chi connectivity index (χ1n) is 14.0. The molecule has 2 N–H and O–H groups in total. The van der Waals surface area contributed by atoms with Crippen molar-refractivity contribution < 1.29 is 33.2 Å². The van der Waals surface area contributed by atoms with E-state index < -0.39 is 17.9 Å². The fourth-order valence-corrected chi connectivity index (χ4v) is 4.53. The van der Waals surface area contributed by atoms with Crippen LogP contribution in [0.1, 0.15) is 67.6 Å². The van der Waals surface area contributed by atoms with E-state index in [-0.39, 0.29) is 31.1 Å². The van der Waals surface area contributed by atoms with Crippen molar-refractivity contribution in [2.45, 2.75) is 65.5 Å². The Labute approximate surface area is 246 Å². The Bertz CT molecular complexity index is 1290. The summed E-state index contributed by atoms with van der Waals surface area (Å²) >= 11 is 0. The summed E-state index contributed by atoms with van der Waals surface area (Å²) in [5.74, 6) is -0.402. The molecule has 0 spiro atoms. The lowest BCUT2D eigenvalue weighted by atomic mass is 9.90. The van der Waals surface area contributed by atoms with Crippen LogP contribution in [0.3, 0.4) is 0 Å². The largest absolute Gasteiger partial charge is 0.451 e. The molecule has 0 aliphatic carbocycles. The van der Waals surface area contributed by atoms with Gasteiger partial charge in [-0.05, 0) is 43.5 Å². The topological polar surface area (TPSA) is 135 Å². The quantitative estimate of drug-likeness (QED) is 0.105. The molecule has 1 aromatic heterocycles. The fraction of sp³-hybridized carbons (Fsp3) is 0.375. The lowest BCUT2D eigenvalue weighted by Gasteiger charge is -2.32. The number of unbranched alkanes of at least 4 members (excludes halogenated alkanes) is 2. The Balaban J connectivity index is 0.00000197. The van der Waals surface area contributed by atoms with E-state index in [4.69, 9.17) is 18.8 Å². The molecule has 0 saturated heterocycles. The second-order valence-electron chi connectivity index (χ2n) is 9.64. The van der Waals surface area contributed by atoms with Gasteiger partial charge in [-0.15, -0.1) is 0 Å². The highest BCUT2D eigenvalue weighted by atomic mass is 16.7. The van der Waals surface area contributed by atoms with Crippen molar-refractivity contribution in [3.63, 3.8) is 0 Å². The van der Waals surface area contributed by atoms with E-state index in [0.29, 0.717) is 25.0 Å². The summed E-state index contributed by atoms with van der Waals surface area (Å²) in [6.45, 7) is 6.18. The van der Waals surface area contributed by atoms with Crippen molar-refractivity contribution in [1.82, 2.24) is 15.7 Å². The number of hydrogen-bond donors (Lipinski definition) is 2. The Morgan fingerprint density at radius 3 is 2.38 bits per heavy atom. The molecule has 0 unspecified atom stereocenters. The van der Waals surface area contributed by atoms with Crippen LogP contribution in [0.4, 0.5) is 0 Å². The predicted octanol–water partition coefficient (Wildman–Crippen LogP) is 5.04. The average Bonchev–Trinajstić information content (AvgIpc) is 3.50. The zero-order valence-electron chi connectivity index (χ0n) is 24.3. The lowest BCUT2D eigenvalue weighted by Crippen LogP contribution is -2.48. The van der Waals surface area contributed by atoms with E-state index in [1.807, 2.05) is 68.4 Å². The van der Waals surface area contributed by atoms with Crippen LogP contribution in [-0.4, -0.2) is 42.1 Å². The molecule has 3 rings (SSSR count). The third-order valence-corrected chi connectivity index (χ3v) is 6.64. The van der Waals surface area contributed by atoms with E-state index in [2.05, 4.69) is 17.6 Å². The predicted molar refractivity (Wildman–Crippen MR) is 155 cm³/mol. The molecular weight excluding hydrogens is 538 g/mol. The summed E-state index contributed by atoms with van der Waals surface area (Å²) in [7, 11) is 0. The first-order valence-corrected chi connectivity index (χ1v) is 14.0. The summed E-state index contributed by atoms with van der Waals surface area (Å²) in [5, 5.41) is 6.77. The van der Waals surface area contributed by atoms with E-state index in [9.17, 15) is 14.4 Å². The standard InChI is InChI=1S/C31H39N3O5.CO2/c1-4-6-8-16-26(27(5-2)34(22-35)38-20-24-13-9-7-10-14-24)30(36)32-21-33-31(37)29-18-17-28(39-29)25-15-11-12-23(3)19-25;2-1-3/h7,9-15,17-19,22,26-27H,4-6,8,16,20-21H2,1-3H3,(H,32,36)(H,33,37);/t26-,27-;/m1./s1. The molecule has 10 nitrogen and oxygen atoms in total. The van der Waals surface area contributed by atoms with Gasteiger partial charge in [-0.3, -0.25) is 19.2 Å². The van der Waals surface area contributed by atoms with Gasteiger partial charge in [0.25, 0.3) is 5.91 Å². The number of rotatable bonds is 16. The van der Waals surface area contributed by atoms with Gasteiger partial charge >= 0.3 is 6.15 Å². The third kappa shape index (κ3) is 10.8. The Morgan fingerprint density at radius 2 is 1.74 bits per heavy atom. The van der Waals surface area contributed by atoms with Crippen molar-refractivity contribution in [2.75, 3.05) is 6.67 Å². The fourth-order valence-electron chi connectivity index (χ4n) is 4.53. The number of nitrogens with zero attached hydrogens (tertiary/aromatic N) is 1. The minimum atomic E-state index is -0.490. The van der Waals surface area contributed by atoms with Gasteiger partial charge in [-0.25, -0.2) is 5.06 Å². The van der Waals surface area contributed by atoms with Gasteiger partial charge in [0, 0.05) is 5.56 Å². The van der Waals surface area contributed by atoms with Crippen LogP contribution in [0.25, 0.3) is 11.3 Å². The molecule has 2 atom stereocenters. The maximum Gasteiger partial charge on any atom is 0.373 e. The first-order chi connectivity index (χ1) is 20.4. The number of aryl methyl sites for hydroxylation is 1. The zero-order chi connectivity index (χ0) is 30.7. The molecule has 0 saturated carbocycles. The van der Waals surface area contributed by atoms with E-state index >= 15 is 0 Å². The number of carbonyl (C=O) groups excluding carboxylic acids is 5. The number of amides is 3. The molecule has 0 fully saturated rings. The van der Waals surface area contributed by atoms with Crippen molar-refractivity contribution in [3.8, 4) is 11.3 Å². The Morgan fingerprint density at radius 1 is 1.00 bits per heavy atom. The molecule has 0 bridgehead atoms. The number of hydrogen-bond acceptors (Lipinski definition) is 7. The monoisotopic (exact) mass is 577 g/mol. The summed E-state index contributed by atoms with van der Waals surface area (Å²) in [6, 6.07) is 20.3. The average molecular weight is 578 g/mol. The summed E-state index contributed by atoms with van der Waals surface area (Å²) in [4.78, 5) is 60.0. The van der Waals surface area contributed by atoms with Crippen LogP contribution < -0.4 is 10.6 Å². The van der Waals surface area contributed by atoms with E-state index in [1.165, 1.54) is 5.06 Å². The second-order valence-corrected chi connectivity index (χ2v) is 9.64. The van der Waals surface area contributed by atoms with Gasteiger partial charge in [0.1, 0.15) is 12.4 Å². The summed E-state index contributed by atoms with van der Waals surface area (Å²) < 4.78 is 5.74. The van der Waals surface area contributed by atoms with Crippen LogP contribution in [0.2, 0.25) is 0 Å². The first kappa shape index (κ1) is 33.7. The van der Waals surface area contributed by atoms with Crippen molar-refractivity contribution in [1.29, 1.82) is 0 Å². The van der Waals surface area contributed by atoms with E-state index in [0.717, 1.165) is 36.0 Å². The normalized spacial score (nSPS) is 11.7. The number of benzene rings is 2. The van der Waals surface area contributed by atoms with Crippen LogP contribution >= 0.6 is 0 Å². The van der Waals surface area contributed by atoms with Crippen molar-refractivity contribution in [3.05, 3.63) is 83.6 Å². The second kappa shape index (κ2) is 18.7. The number of furan rings is 1. The van der Waals surface area contributed by atoms with Crippen LogP contribution in [0, 0.1) is 12.8 Å². The van der Waals surface area contributed by atoms with Crippen molar-refractivity contribution in [2.24, 2.45) is 5.92 Å². The Kier molecular flexibility index (Phi) is 15.0. The van der Waals surface area contributed by atoms with Gasteiger partial charge in [0.05, 0.1) is 18.6 Å². The van der Waals surface area contributed by atoms with Gasteiger partial charge < -0.3 is 15.1 Å². The SMILES string of the molecule is CCCCC[C@@H](C(=O)NCNC(=O)c1ccc(-c2cccc(C)c2)o1)[C@@H](CC)N(C=O)OCc1ccccc1.O=C=O. The molecular formula is C32H39N3O7. The molecule has 224 valence electrons. The minimum absolute atomic E-state index is 0.0647. The summed E-state index contributed by atoms with van der Waals surface area (Å²) in [6.07, 6.45) is 4.86.